The fourth-order valence-corrected chi connectivity index (χ4v) is 4.13. The van der Waals surface area contributed by atoms with Crippen molar-refractivity contribution in [3.8, 4) is 0 Å². The molecule has 9 nitrogen and oxygen atoms in total. The molecule has 1 saturated heterocycles. The molecule has 30 heavy (non-hydrogen) atoms. The summed E-state index contributed by atoms with van der Waals surface area (Å²) in [7, 11) is 1.61. The summed E-state index contributed by atoms with van der Waals surface area (Å²) in [5, 5.41) is 5.45. The van der Waals surface area contributed by atoms with Crippen molar-refractivity contribution in [2.45, 2.75) is 19.2 Å². The number of rotatable bonds is 4. The van der Waals surface area contributed by atoms with Gasteiger partial charge < -0.3 is 24.3 Å². The number of benzene rings is 1. The third kappa shape index (κ3) is 3.25. The van der Waals surface area contributed by atoms with Crippen LogP contribution in [0.2, 0.25) is 0 Å². The summed E-state index contributed by atoms with van der Waals surface area (Å²) in [6.07, 6.45) is 1.52. The Balaban J connectivity index is 1.39. The first-order valence-electron chi connectivity index (χ1n) is 9.96. The molecular weight excluding hydrogens is 386 g/mol. The monoisotopic (exact) mass is 409 g/mol. The number of amides is 2. The highest BCUT2D eigenvalue weighted by atomic mass is 16.5. The molecule has 2 amide bonds. The van der Waals surface area contributed by atoms with E-state index in [0.717, 1.165) is 22.3 Å². The van der Waals surface area contributed by atoms with E-state index >= 15 is 0 Å². The number of ether oxygens (including phenoxy) is 2. The van der Waals surface area contributed by atoms with Crippen LogP contribution in [0.25, 0.3) is 10.9 Å². The van der Waals surface area contributed by atoms with Crippen molar-refractivity contribution >= 4 is 28.4 Å². The molecule has 0 bridgehead atoms. The fraction of sp³-hybridized carbons (Fsp3) is 0.381. The molecule has 4 heterocycles. The van der Waals surface area contributed by atoms with Gasteiger partial charge in [-0.1, -0.05) is 18.2 Å². The highest BCUT2D eigenvalue weighted by molar-refractivity contribution is 5.98. The van der Waals surface area contributed by atoms with Gasteiger partial charge in [0.1, 0.15) is 12.3 Å². The molecule has 1 N–H and O–H groups in total. The Bertz CT molecular complexity index is 1070. The van der Waals surface area contributed by atoms with Crippen LogP contribution in [-0.4, -0.2) is 71.0 Å². The van der Waals surface area contributed by atoms with Crippen molar-refractivity contribution < 1.29 is 19.1 Å². The van der Waals surface area contributed by atoms with Gasteiger partial charge in [-0.25, -0.2) is 0 Å². The van der Waals surface area contributed by atoms with Crippen LogP contribution in [-0.2, 0) is 27.4 Å². The van der Waals surface area contributed by atoms with Crippen LogP contribution < -0.4 is 4.90 Å². The van der Waals surface area contributed by atoms with E-state index in [0.29, 0.717) is 38.5 Å². The molecule has 2 aliphatic rings. The van der Waals surface area contributed by atoms with Gasteiger partial charge in [-0.05, 0) is 12.1 Å². The number of aromatic amines is 1. The summed E-state index contributed by atoms with van der Waals surface area (Å²) in [5.74, 6) is -0.174. The number of hydrogen-bond donors (Lipinski definition) is 1. The van der Waals surface area contributed by atoms with Gasteiger partial charge in [-0.15, -0.1) is 0 Å². The van der Waals surface area contributed by atoms with Crippen molar-refractivity contribution in [2.24, 2.45) is 0 Å². The average Bonchev–Trinajstić information content (AvgIpc) is 3.38. The van der Waals surface area contributed by atoms with E-state index in [1.807, 2.05) is 35.0 Å². The summed E-state index contributed by atoms with van der Waals surface area (Å²) in [6, 6.07) is 9.70. The molecule has 0 spiro atoms. The molecule has 1 aromatic carbocycles. The summed E-state index contributed by atoms with van der Waals surface area (Å²) in [6.45, 7) is 2.37. The number of morpholine rings is 1. The van der Waals surface area contributed by atoms with E-state index in [1.54, 1.807) is 23.1 Å². The van der Waals surface area contributed by atoms with E-state index in [2.05, 4.69) is 10.1 Å². The number of H-pyrrole nitrogens is 1. The maximum absolute atomic E-state index is 13.1. The zero-order chi connectivity index (χ0) is 20.7. The maximum atomic E-state index is 13.1. The molecule has 2 aliphatic heterocycles. The van der Waals surface area contributed by atoms with Gasteiger partial charge in [0.15, 0.2) is 0 Å². The predicted molar refractivity (Wildman–Crippen MR) is 109 cm³/mol. The lowest BCUT2D eigenvalue weighted by Gasteiger charge is -2.34. The van der Waals surface area contributed by atoms with Gasteiger partial charge in [0.2, 0.25) is 0 Å². The first-order chi connectivity index (χ1) is 14.6. The van der Waals surface area contributed by atoms with Crippen molar-refractivity contribution in [1.29, 1.82) is 0 Å². The van der Waals surface area contributed by atoms with Crippen molar-refractivity contribution in [3.63, 3.8) is 0 Å². The Hall–Kier alpha value is -3.17. The minimum atomic E-state index is -0.184. The number of aromatic nitrogens is 3. The third-order valence-electron chi connectivity index (χ3n) is 5.67. The van der Waals surface area contributed by atoms with Crippen LogP contribution in [0, 0.1) is 0 Å². The molecule has 1 fully saturated rings. The van der Waals surface area contributed by atoms with E-state index in [4.69, 9.17) is 9.47 Å². The van der Waals surface area contributed by atoms with Gasteiger partial charge in [0, 0.05) is 24.6 Å². The molecule has 3 aromatic rings. The second-order valence-corrected chi connectivity index (χ2v) is 7.59. The normalized spacial score (nSPS) is 19.4. The number of para-hydroxylation sites is 1. The fourth-order valence-electron chi connectivity index (χ4n) is 4.13. The standard InChI is InChI=1S/C21H23N5O4/c1-29-12-15-10-25(20(27)13-30-15)18-9-22-26-7-6-24(11-19(18)26)21(28)17-8-14-4-2-3-5-16(14)23-17/h2-5,8-9,15,23H,6-7,10-13H2,1H3. The second-order valence-electron chi connectivity index (χ2n) is 7.59. The number of fused-ring (bicyclic) bond motifs is 2. The molecule has 2 aromatic heterocycles. The van der Waals surface area contributed by atoms with Crippen molar-refractivity contribution in [3.05, 3.63) is 47.9 Å². The third-order valence-corrected chi connectivity index (χ3v) is 5.67. The molecule has 1 unspecified atom stereocenters. The number of methoxy groups -OCH3 is 1. The van der Waals surface area contributed by atoms with Gasteiger partial charge in [0.05, 0.1) is 49.9 Å². The molecule has 156 valence electrons. The molecule has 9 heteroatoms. The largest absolute Gasteiger partial charge is 0.382 e. The van der Waals surface area contributed by atoms with Crippen LogP contribution in [0.4, 0.5) is 5.69 Å². The zero-order valence-electron chi connectivity index (χ0n) is 16.7. The van der Waals surface area contributed by atoms with Crippen LogP contribution in [0.5, 0.6) is 0 Å². The van der Waals surface area contributed by atoms with Crippen LogP contribution in [0.3, 0.4) is 0 Å². The van der Waals surface area contributed by atoms with Gasteiger partial charge >= 0.3 is 0 Å². The van der Waals surface area contributed by atoms with Gasteiger partial charge in [0.25, 0.3) is 11.8 Å². The smallest absolute Gasteiger partial charge is 0.270 e. The summed E-state index contributed by atoms with van der Waals surface area (Å²) in [4.78, 5) is 32.3. The number of nitrogens with zero attached hydrogens (tertiary/aromatic N) is 4. The molecule has 0 saturated carbocycles. The number of carbonyl (C=O) groups is 2. The van der Waals surface area contributed by atoms with E-state index < -0.39 is 0 Å². The lowest BCUT2D eigenvalue weighted by atomic mass is 10.2. The Labute approximate surface area is 173 Å². The predicted octanol–water partition coefficient (Wildman–Crippen LogP) is 1.40. The Morgan fingerprint density at radius 3 is 3.03 bits per heavy atom. The molecule has 0 aliphatic carbocycles. The maximum Gasteiger partial charge on any atom is 0.270 e. The molecule has 5 rings (SSSR count). The summed E-state index contributed by atoms with van der Waals surface area (Å²) < 4.78 is 12.6. The Morgan fingerprint density at radius 2 is 2.20 bits per heavy atom. The van der Waals surface area contributed by atoms with Crippen molar-refractivity contribution in [2.75, 3.05) is 38.3 Å². The molecular formula is C21H23N5O4. The van der Waals surface area contributed by atoms with Crippen LogP contribution in [0.1, 0.15) is 16.2 Å². The van der Waals surface area contributed by atoms with E-state index in [-0.39, 0.29) is 24.5 Å². The SMILES string of the molecule is COCC1CN(c2cnn3c2CN(C(=O)c2cc4ccccc4[nH]2)CC3)C(=O)CO1. The Kier molecular flexibility index (Phi) is 4.76. The van der Waals surface area contributed by atoms with Crippen LogP contribution >= 0.6 is 0 Å². The minimum Gasteiger partial charge on any atom is -0.382 e. The second kappa shape index (κ2) is 7.58. The van der Waals surface area contributed by atoms with Crippen molar-refractivity contribution in [1.82, 2.24) is 19.7 Å². The highest BCUT2D eigenvalue weighted by Crippen LogP contribution is 2.28. The lowest BCUT2D eigenvalue weighted by molar-refractivity contribution is -0.131. The van der Waals surface area contributed by atoms with Gasteiger partial charge in [-0.3, -0.25) is 14.3 Å². The summed E-state index contributed by atoms with van der Waals surface area (Å²) >= 11 is 0. The van der Waals surface area contributed by atoms with Gasteiger partial charge in [-0.2, -0.15) is 5.10 Å². The van der Waals surface area contributed by atoms with E-state index in [9.17, 15) is 9.59 Å². The number of hydrogen-bond acceptors (Lipinski definition) is 5. The summed E-state index contributed by atoms with van der Waals surface area (Å²) in [5.41, 5.74) is 3.09. The highest BCUT2D eigenvalue weighted by Gasteiger charge is 2.33. The van der Waals surface area contributed by atoms with Crippen LogP contribution in [0.15, 0.2) is 36.5 Å². The molecule has 1 atom stereocenters. The average molecular weight is 409 g/mol. The number of anilines is 1. The van der Waals surface area contributed by atoms with E-state index in [1.165, 1.54) is 0 Å². The lowest BCUT2D eigenvalue weighted by Crippen LogP contribution is -2.49. The quantitative estimate of drug-likeness (QED) is 0.703. The number of carbonyl (C=O) groups excluding carboxylic acids is 2. The first kappa shape index (κ1) is 18.8. The first-order valence-corrected chi connectivity index (χ1v) is 9.96. The topological polar surface area (TPSA) is 92.7 Å². The minimum absolute atomic E-state index is 0.0103. The number of nitrogens with one attached hydrogen (secondary N) is 1. The Morgan fingerprint density at radius 1 is 1.33 bits per heavy atom. The zero-order valence-corrected chi connectivity index (χ0v) is 16.7. The molecule has 0 radical (unpaired) electrons.